The minimum absolute atomic E-state index is 0.00260. The predicted molar refractivity (Wildman–Crippen MR) is 82.4 cm³/mol. The summed E-state index contributed by atoms with van der Waals surface area (Å²) < 4.78 is 0. The number of carbonyl (C=O) groups excluding carboxylic acids is 1. The van der Waals surface area contributed by atoms with Crippen molar-refractivity contribution in [1.82, 2.24) is 4.90 Å². The maximum Gasteiger partial charge on any atom is 0.269 e. The first-order chi connectivity index (χ1) is 10.0. The van der Waals surface area contributed by atoms with Crippen molar-refractivity contribution in [2.75, 3.05) is 18.9 Å². The van der Waals surface area contributed by atoms with Crippen LogP contribution >= 0.6 is 11.3 Å². The maximum atomic E-state index is 11.9. The number of hydrogen-bond acceptors (Lipinski definition) is 5. The molecule has 0 atom stereocenters. The monoisotopic (exact) mass is 305 g/mol. The Kier molecular flexibility index (Phi) is 5.02. The van der Waals surface area contributed by atoms with Gasteiger partial charge >= 0.3 is 0 Å². The molecule has 1 aromatic carbocycles. The van der Waals surface area contributed by atoms with Crippen molar-refractivity contribution in [1.29, 1.82) is 0 Å². The number of nitro groups is 1. The van der Waals surface area contributed by atoms with Crippen LogP contribution in [0.25, 0.3) is 0 Å². The molecular weight excluding hydrogens is 290 g/mol. The number of rotatable bonds is 6. The summed E-state index contributed by atoms with van der Waals surface area (Å²) in [5.41, 5.74) is 0.554. The zero-order chi connectivity index (χ0) is 15.2. The van der Waals surface area contributed by atoms with E-state index < -0.39 is 4.92 Å². The lowest BCUT2D eigenvalue weighted by atomic mass is 10.3. The van der Waals surface area contributed by atoms with Gasteiger partial charge in [0.2, 0.25) is 5.91 Å². The van der Waals surface area contributed by atoms with Crippen molar-refractivity contribution >= 4 is 28.6 Å². The molecule has 0 saturated heterocycles. The van der Waals surface area contributed by atoms with Crippen LogP contribution in [0.3, 0.4) is 0 Å². The molecule has 0 radical (unpaired) electrons. The number of nitrogens with one attached hydrogen (secondary N) is 1. The highest BCUT2D eigenvalue weighted by Gasteiger charge is 2.09. The van der Waals surface area contributed by atoms with Crippen LogP contribution in [-0.4, -0.2) is 29.3 Å². The van der Waals surface area contributed by atoms with Gasteiger partial charge in [-0.05, 0) is 30.6 Å². The largest absolute Gasteiger partial charge is 0.325 e. The van der Waals surface area contributed by atoms with Gasteiger partial charge in [0.25, 0.3) is 5.69 Å². The molecule has 0 fully saturated rings. The van der Waals surface area contributed by atoms with Crippen molar-refractivity contribution in [2.24, 2.45) is 0 Å². The third kappa shape index (κ3) is 4.66. The maximum absolute atomic E-state index is 11.9. The second-order valence-electron chi connectivity index (χ2n) is 4.60. The molecule has 0 aliphatic heterocycles. The van der Waals surface area contributed by atoms with Gasteiger partial charge in [-0.25, -0.2) is 0 Å². The third-order valence-corrected chi connectivity index (χ3v) is 3.64. The van der Waals surface area contributed by atoms with Crippen molar-refractivity contribution in [2.45, 2.75) is 6.54 Å². The molecule has 1 amide bonds. The van der Waals surface area contributed by atoms with Gasteiger partial charge in [0.05, 0.1) is 11.5 Å². The van der Waals surface area contributed by atoms with Crippen LogP contribution in [0, 0.1) is 10.1 Å². The Bertz CT molecular complexity index is 611. The van der Waals surface area contributed by atoms with E-state index in [1.807, 2.05) is 29.5 Å². The highest BCUT2D eigenvalue weighted by molar-refractivity contribution is 7.09. The molecule has 0 unspecified atom stereocenters. The van der Waals surface area contributed by atoms with E-state index in [0.29, 0.717) is 12.2 Å². The number of hydrogen-bond donors (Lipinski definition) is 1. The highest BCUT2D eigenvalue weighted by Crippen LogP contribution is 2.15. The Morgan fingerprint density at radius 1 is 1.33 bits per heavy atom. The Balaban J connectivity index is 1.84. The average Bonchev–Trinajstić information content (AvgIpc) is 2.91. The summed E-state index contributed by atoms with van der Waals surface area (Å²) in [7, 11) is 1.87. The zero-order valence-corrected chi connectivity index (χ0v) is 12.3. The van der Waals surface area contributed by atoms with Crippen LogP contribution in [0.5, 0.6) is 0 Å². The third-order valence-electron chi connectivity index (χ3n) is 2.78. The lowest BCUT2D eigenvalue weighted by Gasteiger charge is -2.15. The van der Waals surface area contributed by atoms with Crippen molar-refractivity contribution in [3.8, 4) is 0 Å². The molecule has 0 spiro atoms. The number of likely N-dealkylation sites (N-methyl/N-ethyl adjacent to an activating group) is 1. The van der Waals surface area contributed by atoms with Crippen LogP contribution < -0.4 is 5.32 Å². The quantitative estimate of drug-likeness (QED) is 0.657. The minimum Gasteiger partial charge on any atom is -0.325 e. The van der Waals surface area contributed by atoms with E-state index in [9.17, 15) is 14.9 Å². The molecule has 2 aromatic rings. The Hall–Kier alpha value is -2.25. The Morgan fingerprint density at radius 3 is 2.62 bits per heavy atom. The van der Waals surface area contributed by atoms with Crippen LogP contribution in [0.1, 0.15) is 4.88 Å². The highest BCUT2D eigenvalue weighted by atomic mass is 32.1. The zero-order valence-electron chi connectivity index (χ0n) is 11.5. The Labute approximate surface area is 126 Å². The first-order valence-corrected chi connectivity index (χ1v) is 7.18. The van der Waals surface area contributed by atoms with E-state index in [1.165, 1.54) is 29.1 Å². The van der Waals surface area contributed by atoms with E-state index in [1.54, 1.807) is 11.3 Å². The molecular formula is C14H15N3O3S. The van der Waals surface area contributed by atoms with E-state index in [4.69, 9.17) is 0 Å². The Morgan fingerprint density at radius 2 is 2.05 bits per heavy atom. The number of benzene rings is 1. The lowest BCUT2D eigenvalue weighted by molar-refractivity contribution is -0.384. The van der Waals surface area contributed by atoms with Crippen LogP contribution in [-0.2, 0) is 11.3 Å². The summed E-state index contributed by atoms with van der Waals surface area (Å²) in [4.78, 5) is 25.1. The number of non-ortho nitro benzene ring substituents is 1. The normalized spacial score (nSPS) is 10.6. The predicted octanol–water partition coefficient (Wildman–Crippen LogP) is 2.73. The fourth-order valence-electron chi connectivity index (χ4n) is 1.84. The van der Waals surface area contributed by atoms with Gasteiger partial charge in [-0.1, -0.05) is 6.07 Å². The second-order valence-corrected chi connectivity index (χ2v) is 5.64. The molecule has 2 rings (SSSR count). The number of nitro benzene ring substituents is 1. The number of nitrogens with zero attached hydrogens (tertiary/aromatic N) is 2. The average molecular weight is 305 g/mol. The fourth-order valence-corrected chi connectivity index (χ4v) is 2.62. The van der Waals surface area contributed by atoms with Gasteiger partial charge in [0.1, 0.15) is 0 Å². The molecule has 1 aromatic heterocycles. The summed E-state index contributed by atoms with van der Waals surface area (Å²) in [6.07, 6.45) is 0. The molecule has 6 nitrogen and oxygen atoms in total. The summed E-state index contributed by atoms with van der Waals surface area (Å²) in [5, 5.41) is 15.3. The summed E-state index contributed by atoms with van der Waals surface area (Å²) in [6, 6.07) is 9.78. The van der Waals surface area contributed by atoms with Crippen molar-refractivity contribution < 1.29 is 9.72 Å². The van der Waals surface area contributed by atoms with Crippen LogP contribution in [0.15, 0.2) is 41.8 Å². The summed E-state index contributed by atoms with van der Waals surface area (Å²) in [5.74, 6) is -0.150. The molecule has 1 heterocycles. The minimum atomic E-state index is -0.472. The number of amides is 1. The van der Waals surface area contributed by atoms with E-state index in [-0.39, 0.29) is 18.1 Å². The molecule has 7 heteroatoms. The number of carbonyl (C=O) groups is 1. The van der Waals surface area contributed by atoms with Gasteiger partial charge in [-0.2, -0.15) is 0 Å². The van der Waals surface area contributed by atoms with E-state index in [0.717, 1.165) is 0 Å². The second kappa shape index (κ2) is 6.96. The standard InChI is InChI=1S/C14H15N3O3S/c1-16(9-13-3-2-8-21-13)10-14(18)15-11-4-6-12(7-5-11)17(19)20/h2-8H,9-10H2,1H3,(H,15,18). The topological polar surface area (TPSA) is 75.5 Å². The van der Waals surface area contributed by atoms with E-state index >= 15 is 0 Å². The van der Waals surface area contributed by atoms with Gasteiger partial charge in [-0.3, -0.25) is 19.8 Å². The van der Waals surface area contributed by atoms with Crippen LogP contribution in [0.2, 0.25) is 0 Å². The first-order valence-electron chi connectivity index (χ1n) is 6.30. The fraction of sp³-hybridized carbons (Fsp3) is 0.214. The van der Waals surface area contributed by atoms with Crippen molar-refractivity contribution in [3.63, 3.8) is 0 Å². The van der Waals surface area contributed by atoms with Crippen molar-refractivity contribution in [3.05, 3.63) is 56.8 Å². The summed E-state index contributed by atoms with van der Waals surface area (Å²) in [6.45, 7) is 0.972. The van der Waals surface area contributed by atoms with Crippen LogP contribution in [0.4, 0.5) is 11.4 Å². The molecule has 1 N–H and O–H groups in total. The molecule has 0 bridgehead atoms. The first kappa shape index (κ1) is 15.1. The lowest BCUT2D eigenvalue weighted by Crippen LogP contribution is -2.29. The SMILES string of the molecule is CN(CC(=O)Nc1ccc([N+](=O)[O-])cc1)Cc1cccs1. The molecule has 21 heavy (non-hydrogen) atoms. The van der Waals surface area contributed by atoms with Gasteiger partial charge in [0.15, 0.2) is 0 Å². The molecule has 0 aliphatic carbocycles. The van der Waals surface area contributed by atoms with Gasteiger partial charge in [-0.15, -0.1) is 11.3 Å². The summed E-state index contributed by atoms with van der Waals surface area (Å²) >= 11 is 1.65. The van der Waals surface area contributed by atoms with Gasteiger partial charge in [0, 0.05) is 29.2 Å². The van der Waals surface area contributed by atoms with Gasteiger partial charge < -0.3 is 5.32 Å². The molecule has 0 saturated carbocycles. The molecule has 0 aliphatic rings. The smallest absolute Gasteiger partial charge is 0.269 e. The number of thiophene rings is 1. The molecule has 110 valence electrons. The van der Waals surface area contributed by atoms with E-state index in [2.05, 4.69) is 5.32 Å². The number of anilines is 1.